The first-order chi connectivity index (χ1) is 10.0. The van der Waals surface area contributed by atoms with Gasteiger partial charge in [0.2, 0.25) is 0 Å². The molecule has 0 radical (unpaired) electrons. The van der Waals surface area contributed by atoms with Crippen LogP contribution in [0.15, 0.2) is 0 Å². The average molecular weight is 294 g/mol. The molecule has 1 rings (SSSR count). The Balaban J connectivity index is 2.34. The van der Waals surface area contributed by atoms with Crippen LogP contribution in [-0.2, 0) is 9.59 Å². The van der Waals surface area contributed by atoms with Gasteiger partial charge in [0.25, 0.3) is 0 Å². The Morgan fingerprint density at radius 2 is 1.95 bits per heavy atom. The minimum absolute atomic E-state index is 0.155. The summed E-state index contributed by atoms with van der Waals surface area (Å²) in [5.74, 6) is 6.13. The van der Waals surface area contributed by atoms with Crippen LogP contribution in [0.3, 0.4) is 0 Å². The quantitative estimate of drug-likeness (QED) is 0.533. The van der Waals surface area contributed by atoms with E-state index in [1.807, 2.05) is 6.92 Å². The van der Waals surface area contributed by atoms with Gasteiger partial charge >= 0.3 is 5.97 Å². The van der Waals surface area contributed by atoms with Gasteiger partial charge in [-0.15, -0.1) is 11.8 Å². The summed E-state index contributed by atoms with van der Waals surface area (Å²) in [6, 6.07) is 0. The lowest BCUT2D eigenvalue weighted by molar-refractivity contribution is -0.137. The number of carboxylic acid groups (broad SMARTS) is 1. The van der Waals surface area contributed by atoms with Gasteiger partial charge in [-0.25, -0.2) is 0 Å². The highest BCUT2D eigenvalue weighted by Gasteiger charge is 2.33. The van der Waals surface area contributed by atoms with Crippen LogP contribution in [0, 0.1) is 23.7 Å². The van der Waals surface area contributed by atoms with Crippen LogP contribution in [0.4, 0.5) is 0 Å². The average Bonchev–Trinajstić information content (AvgIpc) is 2.80. The molecule has 0 bridgehead atoms. The molecule has 0 aromatic heterocycles. The molecule has 0 aliphatic heterocycles. The van der Waals surface area contributed by atoms with Crippen LogP contribution in [0.5, 0.6) is 0 Å². The largest absolute Gasteiger partial charge is 0.481 e. The summed E-state index contributed by atoms with van der Waals surface area (Å²) in [5, 5.41) is 18.6. The van der Waals surface area contributed by atoms with Crippen LogP contribution >= 0.6 is 0 Å². The Bertz CT molecular complexity index is 405. The minimum Gasteiger partial charge on any atom is -0.481 e. The van der Waals surface area contributed by atoms with E-state index in [0.29, 0.717) is 38.0 Å². The summed E-state index contributed by atoms with van der Waals surface area (Å²) in [6.45, 7) is 1.88. The molecule has 0 aromatic carbocycles. The molecule has 0 heterocycles. The molecule has 3 atom stereocenters. The van der Waals surface area contributed by atoms with Crippen LogP contribution in [0.2, 0.25) is 0 Å². The third-order valence-corrected chi connectivity index (χ3v) is 4.28. The summed E-state index contributed by atoms with van der Waals surface area (Å²) < 4.78 is 0. The molecule has 1 aliphatic rings. The Morgan fingerprint density at radius 1 is 1.19 bits per heavy atom. The van der Waals surface area contributed by atoms with E-state index >= 15 is 0 Å². The number of ketones is 1. The molecule has 2 N–H and O–H groups in total. The van der Waals surface area contributed by atoms with Gasteiger partial charge in [0.05, 0.1) is 6.10 Å². The zero-order chi connectivity index (χ0) is 15.7. The molecule has 1 saturated carbocycles. The minimum atomic E-state index is -0.788. The maximum atomic E-state index is 11.4. The third kappa shape index (κ3) is 6.77. The van der Waals surface area contributed by atoms with Crippen molar-refractivity contribution in [3.63, 3.8) is 0 Å². The number of rotatable bonds is 8. The molecular weight excluding hydrogens is 268 g/mol. The Labute approximate surface area is 126 Å². The van der Waals surface area contributed by atoms with Crippen molar-refractivity contribution in [3.8, 4) is 11.8 Å². The summed E-state index contributed by atoms with van der Waals surface area (Å²) >= 11 is 0. The lowest BCUT2D eigenvalue weighted by Gasteiger charge is -2.19. The van der Waals surface area contributed by atoms with Gasteiger partial charge in [-0.1, -0.05) is 6.92 Å². The van der Waals surface area contributed by atoms with Gasteiger partial charge < -0.3 is 10.2 Å². The normalized spacial score (nSPS) is 24.4. The molecule has 0 saturated heterocycles. The predicted molar refractivity (Wildman–Crippen MR) is 80.6 cm³/mol. The van der Waals surface area contributed by atoms with E-state index in [-0.39, 0.29) is 24.2 Å². The molecule has 0 spiro atoms. The zero-order valence-corrected chi connectivity index (χ0v) is 12.8. The first-order valence-electron chi connectivity index (χ1n) is 7.91. The molecule has 1 fully saturated rings. The number of carbonyl (C=O) groups is 2. The monoisotopic (exact) mass is 294 g/mol. The van der Waals surface area contributed by atoms with Crippen molar-refractivity contribution in [1.29, 1.82) is 0 Å². The van der Waals surface area contributed by atoms with Gasteiger partial charge in [-0.05, 0) is 37.5 Å². The standard InChI is InChI=1S/C17H26O4/c1-2-14(18)11-9-13-10-12-16(19)15(13)7-5-3-4-6-8-17(20)21/h13,15-16,19H,2,4,6-12H2,1H3,(H,20,21). The Hall–Kier alpha value is -1.34. The number of carboxylic acids is 1. The molecule has 0 amide bonds. The third-order valence-electron chi connectivity index (χ3n) is 4.28. The van der Waals surface area contributed by atoms with E-state index in [2.05, 4.69) is 11.8 Å². The van der Waals surface area contributed by atoms with Crippen LogP contribution in [0.25, 0.3) is 0 Å². The first-order valence-corrected chi connectivity index (χ1v) is 7.91. The maximum Gasteiger partial charge on any atom is 0.303 e. The van der Waals surface area contributed by atoms with Crippen molar-refractivity contribution in [1.82, 2.24) is 0 Å². The molecule has 0 aromatic rings. The molecule has 21 heavy (non-hydrogen) atoms. The predicted octanol–water partition coefficient (Wildman–Crippen LogP) is 2.78. The SMILES string of the molecule is CCC(=O)CCC1CCC(O)C1CC#CCCCC(=O)O. The van der Waals surface area contributed by atoms with E-state index in [0.717, 1.165) is 19.3 Å². The van der Waals surface area contributed by atoms with Crippen molar-refractivity contribution in [2.24, 2.45) is 11.8 Å². The van der Waals surface area contributed by atoms with E-state index < -0.39 is 5.97 Å². The number of unbranched alkanes of at least 4 members (excludes halogenated alkanes) is 1. The van der Waals surface area contributed by atoms with E-state index in [1.165, 1.54) is 0 Å². The number of hydrogen-bond acceptors (Lipinski definition) is 3. The Kier molecular flexibility index (Phi) is 8.07. The second kappa shape index (κ2) is 9.57. The smallest absolute Gasteiger partial charge is 0.303 e. The lowest BCUT2D eigenvalue weighted by atomic mass is 9.87. The van der Waals surface area contributed by atoms with E-state index in [1.54, 1.807) is 0 Å². The fourth-order valence-corrected chi connectivity index (χ4v) is 2.92. The number of hydrogen-bond donors (Lipinski definition) is 2. The number of aliphatic carboxylic acids is 1. The lowest BCUT2D eigenvalue weighted by Crippen LogP contribution is -2.19. The highest BCUT2D eigenvalue weighted by Crippen LogP contribution is 2.37. The molecule has 118 valence electrons. The van der Waals surface area contributed by atoms with Crippen molar-refractivity contribution in [3.05, 3.63) is 0 Å². The number of carbonyl (C=O) groups excluding carboxylic acids is 1. The molecule has 1 aliphatic carbocycles. The van der Waals surface area contributed by atoms with Crippen molar-refractivity contribution >= 4 is 11.8 Å². The molecule has 4 heteroatoms. The van der Waals surface area contributed by atoms with Crippen molar-refractivity contribution in [2.45, 2.75) is 70.8 Å². The zero-order valence-electron chi connectivity index (χ0n) is 12.8. The van der Waals surface area contributed by atoms with Gasteiger partial charge in [0, 0.05) is 32.1 Å². The maximum absolute atomic E-state index is 11.4. The number of aliphatic hydroxyl groups excluding tert-OH is 1. The highest BCUT2D eigenvalue weighted by molar-refractivity contribution is 5.77. The second-order valence-corrected chi connectivity index (χ2v) is 5.80. The van der Waals surface area contributed by atoms with Crippen LogP contribution in [0.1, 0.15) is 64.7 Å². The summed E-state index contributed by atoms with van der Waals surface area (Å²) in [5.41, 5.74) is 0. The van der Waals surface area contributed by atoms with Crippen molar-refractivity contribution in [2.75, 3.05) is 0 Å². The first kappa shape index (κ1) is 17.7. The second-order valence-electron chi connectivity index (χ2n) is 5.80. The number of aliphatic hydroxyl groups is 1. The number of Topliss-reactive ketones (excluding diaryl/α,β-unsaturated/α-hetero) is 1. The fourth-order valence-electron chi connectivity index (χ4n) is 2.92. The van der Waals surface area contributed by atoms with Gasteiger partial charge in [-0.3, -0.25) is 9.59 Å². The summed E-state index contributed by atoms with van der Waals surface area (Å²) in [4.78, 5) is 21.8. The molecule has 3 unspecified atom stereocenters. The Morgan fingerprint density at radius 3 is 2.62 bits per heavy atom. The highest BCUT2D eigenvalue weighted by atomic mass is 16.4. The molecule has 4 nitrogen and oxygen atoms in total. The van der Waals surface area contributed by atoms with Gasteiger partial charge in [0.1, 0.15) is 5.78 Å². The van der Waals surface area contributed by atoms with Crippen LogP contribution < -0.4 is 0 Å². The van der Waals surface area contributed by atoms with E-state index in [9.17, 15) is 14.7 Å². The fraction of sp³-hybridized carbons (Fsp3) is 0.765. The van der Waals surface area contributed by atoms with Crippen molar-refractivity contribution < 1.29 is 19.8 Å². The van der Waals surface area contributed by atoms with Crippen LogP contribution in [-0.4, -0.2) is 28.1 Å². The van der Waals surface area contributed by atoms with Gasteiger partial charge in [-0.2, -0.15) is 0 Å². The summed E-state index contributed by atoms with van der Waals surface area (Å²) in [6.07, 6.45) is 5.49. The van der Waals surface area contributed by atoms with Gasteiger partial charge in [0.15, 0.2) is 0 Å². The topological polar surface area (TPSA) is 74.6 Å². The molecular formula is C17H26O4. The summed E-state index contributed by atoms with van der Waals surface area (Å²) in [7, 11) is 0. The van der Waals surface area contributed by atoms with E-state index in [4.69, 9.17) is 5.11 Å².